The first kappa shape index (κ1) is 18.7. The van der Waals surface area contributed by atoms with Crippen LogP contribution in [0.1, 0.15) is 26.4 Å². The van der Waals surface area contributed by atoms with Crippen LogP contribution in [-0.4, -0.2) is 25.0 Å². The Morgan fingerprint density at radius 1 is 1.07 bits per heavy atom. The lowest BCUT2D eigenvalue weighted by Gasteiger charge is -2.08. The summed E-state index contributed by atoms with van der Waals surface area (Å²) in [6, 6.07) is 11.1. The van der Waals surface area contributed by atoms with E-state index in [1.807, 2.05) is 44.2 Å². The summed E-state index contributed by atoms with van der Waals surface area (Å²) in [6.45, 7) is 3.91. The van der Waals surface area contributed by atoms with E-state index in [4.69, 9.17) is 15.2 Å². The number of benzene rings is 2. The summed E-state index contributed by atoms with van der Waals surface area (Å²) in [5.74, 6) is 1.38. The molecular weight excluding hydrogens is 362 g/mol. The molecular formula is C20H21N3O3S. The number of rotatable bonds is 6. The van der Waals surface area contributed by atoms with Crippen molar-refractivity contribution in [3.8, 4) is 11.5 Å². The highest BCUT2D eigenvalue weighted by molar-refractivity contribution is 7.18. The van der Waals surface area contributed by atoms with Crippen molar-refractivity contribution in [1.82, 2.24) is 4.98 Å². The number of nitrogens with two attached hydrogens (primary N) is 1. The lowest BCUT2D eigenvalue weighted by molar-refractivity contribution is 0.104. The Kier molecular flexibility index (Phi) is 5.32. The van der Waals surface area contributed by atoms with Crippen molar-refractivity contribution in [3.05, 3.63) is 58.0 Å². The number of nitrogens with one attached hydrogen (secondary N) is 1. The van der Waals surface area contributed by atoms with Crippen LogP contribution < -0.4 is 20.5 Å². The fourth-order valence-corrected chi connectivity index (χ4v) is 3.60. The fraction of sp³-hybridized carbons (Fsp3) is 0.200. The third kappa shape index (κ3) is 4.03. The molecule has 2 aromatic carbocycles. The molecule has 140 valence electrons. The molecule has 0 saturated carbocycles. The summed E-state index contributed by atoms with van der Waals surface area (Å²) in [4.78, 5) is 17.6. The standard InChI is InChI=1S/C20H21N3O3S/c1-11-5-6-16(12(2)7-11)17(24)18-19(21)23-20(27-18)22-13-8-14(25-3)10-15(9-13)26-4/h5-10H,21H2,1-4H3,(H,22,23). The van der Waals surface area contributed by atoms with Crippen LogP contribution in [0, 0.1) is 13.8 Å². The molecule has 6 nitrogen and oxygen atoms in total. The first-order chi connectivity index (χ1) is 12.9. The number of hydrogen-bond acceptors (Lipinski definition) is 7. The Hall–Kier alpha value is -3.06. The van der Waals surface area contributed by atoms with Gasteiger partial charge in [-0.25, -0.2) is 4.98 Å². The number of nitrogens with zero attached hydrogens (tertiary/aromatic N) is 1. The van der Waals surface area contributed by atoms with Gasteiger partial charge >= 0.3 is 0 Å². The number of ketones is 1. The molecule has 0 spiro atoms. The normalized spacial score (nSPS) is 10.5. The van der Waals surface area contributed by atoms with Crippen molar-refractivity contribution < 1.29 is 14.3 Å². The number of carbonyl (C=O) groups excluding carboxylic acids is 1. The second kappa shape index (κ2) is 7.67. The van der Waals surface area contributed by atoms with Crippen molar-refractivity contribution in [2.45, 2.75) is 13.8 Å². The third-order valence-electron chi connectivity index (χ3n) is 4.09. The Bertz CT molecular complexity index is 976. The topological polar surface area (TPSA) is 86.5 Å². The summed E-state index contributed by atoms with van der Waals surface area (Å²) >= 11 is 1.22. The number of anilines is 3. The second-order valence-corrected chi connectivity index (χ2v) is 7.11. The maximum absolute atomic E-state index is 12.9. The predicted molar refractivity (Wildman–Crippen MR) is 109 cm³/mol. The number of methoxy groups -OCH3 is 2. The average molecular weight is 383 g/mol. The smallest absolute Gasteiger partial charge is 0.207 e. The van der Waals surface area contributed by atoms with Crippen LogP contribution in [0.2, 0.25) is 0 Å². The molecule has 0 unspecified atom stereocenters. The lowest BCUT2D eigenvalue weighted by atomic mass is 10.0. The third-order valence-corrected chi connectivity index (χ3v) is 5.07. The van der Waals surface area contributed by atoms with Gasteiger partial charge in [-0.1, -0.05) is 35.1 Å². The van der Waals surface area contributed by atoms with Gasteiger partial charge in [-0.05, 0) is 19.4 Å². The molecule has 0 radical (unpaired) electrons. The zero-order valence-corrected chi connectivity index (χ0v) is 16.4. The van der Waals surface area contributed by atoms with E-state index >= 15 is 0 Å². The second-order valence-electron chi connectivity index (χ2n) is 6.11. The summed E-state index contributed by atoms with van der Waals surface area (Å²) in [7, 11) is 3.17. The van der Waals surface area contributed by atoms with Gasteiger partial charge in [0.25, 0.3) is 0 Å². The van der Waals surface area contributed by atoms with Gasteiger partial charge in [0, 0.05) is 29.4 Å². The summed E-state index contributed by atoms with van der Waals surface area (Å²) in [6.07, 6.45) is 0. The lowest BCUT2D eigenvalue weighted by Crippen LogP contribution is -2.04. The molecule has 1 aromatic heterocycles. The highest BCUT2D eigenvalue weighted by Crippen LogP contribution is 2.33. The maximum Gasteiger partial charge on any atom is 0.207 e. The number of hydrogen-bond donors (Lipinski definition) is 2. The van der Waals surface area contributed by atoms with Crippen molar-refractivity contribution in [2.24, 2.45) is 0 Å². The molecule has 0 bridgehead atoms. The number of ether oxygens (including phenoxy) is 2. The van der Waals surface area contributed by atoms with Crippen LogP contribution >= 0.6 is 11.3 Å². The minimum atomic E-state index is -0.126. The SMILES string of the molecule is COc1cc(Nc2nc(N)c(C(=O)c3ccc(C)cc3C)s2)cc(OC)c1. The highest BCUT2D eigenvalue weighted by Gasteiger charge is 2.20. The highest BCUT2D eigenvalue weighted by atomic mass is 32.1. The van der Waals surface area contributed by atoms with Gasteiger partial charge in [0.15, 0.2) is 5.13 Å². The minimum Gasteiger partial charge on any atom is -0.497 e. The van der Waals surface area contributed by atoms with Gasteiger partial charge in [0.2, 0.25) is 5.78 Å². The van der Waals surface area contributed by atoms with E-state index in [0.29, 0.717) is 27.1 Å². The molecule has 0 amide bonds. The molecule has 1 heterocycles. The van der Waals surface area contributed by atoms with E-state index in [1.54, 1.807) is 20.3 Å². The van der Waals surface area contributed by atoms with Crippen molar-refractivity contribution in [3.63, 3.8) is 0 Å². The zero-order valence-electron chi connectivity index (χ0n) is 15.6. The Morgan fingerprint density at radius 3 is 2.33 bits per heavy atom. The monoisotopic (exact) mass is 383 g/mol. The Labute approximate surface area is 162 Å². The molecule has 27 heavy (non-hydrogen) atoms. The molecule has 0 aliphatic rings. The fourth-order valence-electron chi connectivity index (χ4n) is 2.74. The van der Waals surface area contributed by atoms with Crippen LogP contribution in [-0.2, 0) is 0 Å². The molecule has 3 rings (SSSR count). The number of thiazole rings is 1. The summed E-state index contributed by atoms with van der Waals surface area (Å²) in [5, 5.41) is 3.68. The van der Waals surface area contributed by atoms with E-state index in [9.17, 15) is 4.79 Å². The van der Waals surface area contributed by atoms with Crippen molar-refractivity contribution in [2.75, 3.05) is 25.3 Å². The van der Waals surface area contributed by atoms with Crippen LogP contribution in [0.4, 0.5) is 16.6 Å². The van der Waals surface area contributed by atoms with Crippen molar-refractivity contribution >= 4 is 33.8 Å². The number of aryl methyl sites for hydroxylation is 2. The number of aromatic nitrogens is 1. The van der Waals surface area contributed by atoms with Crippen LogP contribution in [0.5, 0.6) is 11.5 Å². The molecule has 0 aliphatic carbocycles. The van der Waals surface area contributed by atoms with Gasteiger partial charge in [-0.2, -0.15) is 0 Å². The first-order valence-corrected chi connectivity index (χ1v) is 9.11. The van der Waals surface area contributed by atoms with Gasteiger partial charge in [0.1, 0.15) is 22.2 Å². The van der Waals surface area contributed by atoms with Crippen molar-refractivity contribution in [1.29, 1.82) is 0 Å². The van der Waals surface area contributed by atoms with Gasteiger partial charge in [-0.3, -0.25) is 4.79 Å². The van der Waals surface area contributed by atoms with Crippen LogP contribution in [0.3, 0.4) is 0 Å². The van der Waals surface area contributed by atoms with E-state index in [1.165, 1.54) is 11.3 Å². The van der Waals surface area contributed by atoms with Crippen LogP contribution in [0.25, 0.3) is 0 Å². The molecule has 7 heteroatoms. The Balaban J connectivity index is 1.89. The molecule has 0 atom stereocenters. The van der Waals surface area contributed by atoms with Gasteiger partial charge in [0.05, 0.1) is 14.2 Å². The predicted octanol–water partition coefficient (Wildman–Crippen LogP) is 4.33. The molecule has 0 fully saturated rings. The van der Waals surface area contributed by atoms with Gasteiger partial charge < -0.3 is 20.5 Å². The van der Waals surface area contributed by atoms with E-state index in [0.717, 1.165) is 16.8 Å². The summed E-state index contributed by atoms with van der Waals surface area (Å²) < 4.78 is 10.5. The quantitative estimate of drug-likeness (QED) is 0.616. The van der Waals surface area contributed by atoms with Crippen LogP contribution in [0.15, 0.2) is 36.4 Å². The number of carbonyl (C=O) groups is 1. The van der Waals surface area contributed by atoms with E-state index in [2.05, 4.69) is 10.3 Å². The molecule has 3 aromatic rings. The Morgan fingerprint density at radius 2 is 1.74 bits per heavy atom. The minimum absolute atomic E-state index is 0.126. The van der Waals surface area contributed by atoms with Gasteiger partial charge in [-0.15, -0.1) is 0 Å². The zero-order chi connectivity index (χ0) is 19.6. The first-order valence-electron chi connectivity index (χ1n) is 8.29. The summed E-state index contributed by atoms with van der Waals surface area (Å²) in [5.41, 5.74) is 9.40. The molecule has 3 N–H and O–H groups in total. The largest absolute Gasteiger partial charge is 0.497 e. The number of nitrogen functional groups attached to an aromatic ring is 1. The van der Waals surface area contributed by atoms with E-state index in [-0.39, 0.29) is 11.6 Å². The maximum atomic E-state index is 12.9. The average Bonchev–Trinajstić information content (AvgIpc) is 3.00. The van der Waals surface area contributed by atoms with E-state index < -0.39 is 0 Å². The molecule has 0 saturated heterocycles. The molecule has 0 aliphatic heterocycles.